The van der Waals surface area contributed by atoms with Gasteiger partial charge in [0.15, 0.2) is 0 Å². The van der Waals surface area contributed by atoms with E-state index in [0.717, 1.165) is 0 Å². The Morgan fingerprint density at radius 1 is 0.571 bits per heavy atom. The molecule has 8 atom stereocenters. The highest BCUT2D eigenvalue weighted by atomic mass is 15.2. The van der Waals surface area contributed by atoms with Crippen LogP contribution in [0.2, 0.25) is 0 Å². The van der Waals surface area contributed by atoms with E-state index in [9.17, 15) is 0 Å². The average Bonchev–Trinajstić information content (AvgIpc) is 3.60. The van der Waals surface area contributed by atoms with Crippen molar-refractivity contribution in [1.29, 1.82) is 0 Å². The number of hydrogen-bond acceptors (Lipinski definition) is 2. The Morgan fingerprint density at radius 2 is 1.18 bits per heavy atom. The van der Waals surface area contributed by atoms with Gasteiger partial charge in [-0.1, -0.05) is 148 Å². The summed E-state index contributed by atoms with van der Waals surface area (Å²) in [6.45, 7) is 4.85. The molecule has 7 aliphatic carbocycles. The molecule has 0 N–H and O–H groups in total. The van der Waals surface area contributed by atoms with Crippen molar-refractivity contribution in [3.8, 4) is 11.1 Å². The molecule has 8 unspecified atom stereocenters. The third-order valence-electron chi connectivity index (χ3n) is 12.3. The van der Waals surface area contributed by atoms with E-state index in [1.54, 1.807) is 0 Å². The van der Waals surface area contributed by atoms with Crippen LogP contribution in [-0.4, -0.2) is 12.1 Å². The van der Waals surface area contributed by atoms with Gasteiger partial charge < -0.3 is 9.80 Å². The van der Waals surface area contributed by atoms with Gasteiger partial charge in [-0.25, -0.2) is 0 Å². The highest BCUT2D eigenvalue weighted by Crippen LogP contribution is 2.53. The maximum Gasteiger partial charge on any atom is 0.0551 e. The first-order valence-electron chi connectivity index (χ1n) is 18.1. The molecule has 8 aliphatic rings. The maximum atomic E-state index is 2.68. The van der Waals surface area contributed by atoms with E-state index in [1.807, 2.05) is 0 Å². The van der Waals surface area contributed by atoms with Gasteiger partial charge >= 0.3 is 0 Å². The summed E-state index contributed by atoms with van der Waals surface area (Å²) < 4.78 is 0. The lowest BCUT2D eigenvalue weighted by molar-refractivity contribution is 0.527. The first kappa shape index (κ1) is 28.9. The summed E-state index contributed by atoms with van der Waals surface area (Å²) in [7, 11) is 0. The van der Waals surface area contributed by atoms with E-state index in [1.165, 1.54) is 45.0 Å². The minimum atomic E-state index is -0.138. The Morgan fingerprint density at radius 3 is 1.96 bits per heavy atom. The van der Waals surface area contributed by atoms with E-state index in [-0.39, 0.29) is 5.41 Å². The van der Waals surface area contributed by atoms with E-state index in [4.69, 9.17) is 0 Å². The number of fused-ring (bicyclic) bond motifs is 8. The fourth-order valence-corrected chi connectivity index (χ4v) is 9.83. The summed E-state index contributed by atoms with van der Waals surface area (Å²) in [5, 5.41) is 0. The lowest BCUT2D eigenvalue weighted by Gasteiger charge is -2.39. The van der Waals surface area contributed by atoms with Crippen molar-refractivity contribution < 1.29 is 0 Å². The van der Waals surface area contributed by atoms with Gasteiger partial charge in [0, 0.05) is 63.7 Å². The molecule has 2 heteroatoms. The fraction of sp³-hybridized carbons (Fsp3) is 0.234. The molecule has 2 nitrogen and oxygen atoms in total. The molecule has 10 rings (SSSR count). The topological polar surface area (TPSA) is 6.48 Å². The van der Waals surface area contributed by atoms with Crippen LogP contribution in [0.1, 0.15) is 25.0 Å². The van der Waals surface area contributed by atoms with Gasteiger partial charge in [-0.15, -0.1) is 0 Å². The Bertz CT molecular complexity index is 2080. The van der Waals surface area contributed by atoms with E-state index in [2.05, 4.69) is 194 Å². The van der Waals surface area contributed by atoms with Gasteiger partial charge in [0.05, 0.1) is 12.1 Å². The van der Waals surface area contributed by atoms with Crippen LogP contribution >= 0.6 is 0 Å². The van der Waals surface area contributed by atoms with Gasteiger partial charge in [0.1, 0.15) is 0 Å². The molecular formula is C47H42N2. The molecule has 1 saturated heterocycles. The van der Waals surface area contributed by atoms with Gasteiger partial charge in [-0.2, -0.15) is 0 Å². The molecule has 0 bridgehead atoms. The predicted molar refractivity (Wildman–Crippen MR) is 205 cm³/mol. The van der Waals surface area contributed by atoms with Crippen LogP contribution in [0, 0.1) is 35.5 Å². The zero-order chi connectivity index (χ0) is 32.7. The van der Waals surface area contributed by atoms with E-state index < -0.39 is 0 Å². The van der Waals surface area contributed by atoms with Crippen LogP contribution in [0.15, 0.2) is 181 Å². The molecule has 1 aliphatic heterocycles. The minimum absolute atomic E-state index is 0.138. The Hall–Kier alpha value is -5.08. The first-order valence-corrected chi connectivity index (χ1v) is 18.1. The average molecular weight is 635 g/mol. The van der Waals surface area contributed by atoms with Crippen molar-refractivity contribution in [2.75, 3.05) is 9.80 Å². The lowest BCUT2D eigenvalue weighted by Crippen LogP contribution is -2.37. The van der Waals surface area contributed by atoms with Crippen molar-refractivity contribution in [3.63, 3.8) is 0 Å². The summed E-state index contributed by atoms with van der Waals surface area (Å²) in [6, 6.07) is 15.3. The molecule has 0 radical (unpaired) electrons. The van der Waals surface area contributed by atoms with Crippen LogP contribution in [0.3, 0.4) is 0 Å². The molecule has 240 valence electrons. The molecule has 2 aromatic carbocycles. The molecule has 0 spiro atoms. The molecule has 1 heterocycles. The van der Waals surface area contributed by atoms with Gasteiger partial charge in [0.2, 0.25) is 0 Å². The number of benzene rings is 2. The normalized spacial score (nSPS) is 32.7. The summed E-state index contributed by atoms with van der Waals surface area (Å²) in [4.78, 5) is 5.22. The zero-order valence-electron chi connectivity index (χ0n) is 28.2. The standard InChI is InChI=1S/C47H42N2/c1-47(2)42-29-35(48(34-23-22-31-12-3-4-14-33(31)28-34)44-21-11-15-32-13-5-6-16-37(32)44)24-26-38(42)39-27-25-36(30-43(39)47)49-45-19-9-7-17-40(45)41-18-8-10-20-46(41)49/h3-33,37,40-41,45-46H,1-2H3. The van der Waals surface area contributed by atoms with E-state index in [0.29, 0.717) is 47.6 Å². The van der Waals surface area contributed by atoms with Crippen molar-refractivity contribution >= 4 is 11.4 Å². The number of anilines is 2. The number of allylic oxidation sites excluding steroid dienone is 18. The minimum Gasteiger partial charge on any atom is -0.357 e. The Labute approximate surface area is 290 Å². The summed E-state index contributed by atoms with van der Waals surface area (Å²) >= 11 is 0. The maximum absolute atomic E-state index is 2.68. The quantitative estimate of drug-likeness (QED) is 0.330. The SMILES string of the molecule is CC1(C)c2cc(N(C3=CC4C=CC=CC4C=C3)C3=CC=CC4C=CC=CC34)ccc2-c2ccc(N3C4C=CC=CC4C4C=CC=CC43)cc21. The fourth-order valence-electron chi connectivity index (χ4n) is 9.83. The largest absolute Gasteiger partial charge is 0.357 e. The van der Waals surface area contributed by atoms with Crippen LogP contribution in [0.5, 0.6) is 0 Å². The number of rotatable bonds is 4. The molecule has 49 heavy (non-hydrogen) atoms. The van der Waals surface area contributed by atoms with Crippen LogP contribution in [0.25, 0.3) is 11.1 Å². The second kappa shape index (κ2) is 11.0. The molecule has 0 amide bonds. The van der Waals surface area contributed by atoms with Crippen LogP contribution in [0.4, 0.5) is 11.4 Å². The molecule has 0 aromatic heterocycles. The summed E-state index contributed by atoms with van der Waals surface area (Å²) in [5.74, 6) is 2.45. The first-order chi connectivity index (χ1) is 24.1. The summed E-state index contributed by atoms with van der Waals surface area (Å²) in [6.07, 6.45) is 50.9. The number of nitrogens with zero attached hydrogens (tertiary/aromatic N) is 2. The smallest absolute Gasteiger partial charge is 0.0551 e. The van der Waals surface area contributed by atoms with Crippen molar-refractivity contribution in [2.24, 2.45) is 35.5 Å². The third kappa shape index (κ3) is 4.39. The molecule has 2 aromatic rings. The summed E-state index contributed by atoms with van der Waals surface area (Å²) in [5.41, 5.74) is 10.6. The van der Waals surface area contributed by atoms with E-state index >= 15 is 0 Å². The predicted octanol–water partition coefficient (Wildman–Crippen LogP) is 10.5. The third-order valence-corrected chi connectivity index (χ3v) is 12.3. The van der Waals surface area contributed by atoms with Gasteiger partial charge in [0.25, 0.3) is 0 Å². The highest BCUT2D eigenvalue weighted by Gasteiger charge is 2.46. The van der Waals surface area contributed by atoms with Crippen LogP contribution < -0.4 is 9.80 Å². The molecular weight excluding hydrogens is 593 g/mol. The van der Waals surface area contributed by atoms with Gasteiger partial charge in [-0.05, 0) is 58.7 Å². The van der Waals surface area contributed by atoms with Crippen molar-refractivity contribution in [1.82, 2.24) is 0 Å². The van der Waals surface area contributed by atoms with Gasteiger partial charge in [-0.3, -0.25) is 0 Å². The van der Waals surface area contributed by atoms with Crippen molar-refractivity contribution in [3.05, 3.63) is 193 Å². The zero-order valence-corrected chi connectivity index (χ0v) is 28.2. The highest BCUT2D eigenvalue weighted by molar-refractivity contribution is 5.85. The monoisotopic (exact) mass is 634 g/mol. The van der Waals surface area contributed by atoms with Crippen molar-refractivity contribution in [2.45, 2.75) is 31.3 Å². The molecule has 1 fully saturated rings. The second-order valence-electron chi connectivity index (χ2n) is 15.2. The number of hydrogen-bond donors (Lipinski definition) is 0. The molecule has 0 saturated carbocycles. The Kier molecular flexibility index (Phi) is 6.47. The second-order valence-corrected chi connectivity index (χ2v) is 15.2. The lowest BCUT2D eigenvalue weighted by atomic mass is 9.80. The van der Waals surface area contributed by atoms with Crippen LogP contribution in [-0.2, 0) is 5.41 Å². The Balaban J connectivity index is 1.06.